The van der Waals surface area contributed by atoms with Crippen LogP contribution in [0.4, 0.5) is 5.69 Å². The summed E-state index contributed by atoms with van der Waals surface area (Å²) in [7, 11) is -2.13. The number of anilines is 1. The molecular weight excluding hydrogens is 422 g/mol. The second kappa shape index (κ2) is 7.31. The third kappa shape index (κ3) is 3.66. The van der Waals surface area contributed by atoms with Crippen LogP contribution in [-0.2, 0) is 21.2 Å². The zero-order valence-corrected chi connectivity index (χ0v) is 17.8. The highest BCUT2D eigenvalue weighted by Crippen LogP contribution is 2.37. The average molecular weight is 445 g/mol. The Morgan fingerprint density at radius 3 is 2.68 bits per heavy atom. The maximum atomic E-state index is 12.8. The number of rotatable bonds is 3. The highest BCUT2D eigenvalue weighted by Gasteiger charge is 2.43. The number of hydrogen-bond acceptors (Lipinski definition) is 7. The number of carbonyl (C=O) groups is 1. The molecule has 10 heteroatoms. The van der Waals surface area contributed by atoms with Crippen LogP contribution in [-0.4, -0.2) is 51.9 Å². The van der Waals surface area contributed by atoms with Gasteiger partial charge in [-0.1, -0.05) is 6.07 Å². The van der Waals surface area contributed by atoms with Gasteiger partial charge in [-0.3, -0.25) is 4.79 Å². The molecule has 31 heavy (non-hydrogen) atoms. The van der Waals surface area contributed by atoms with Crippen LogP contribution in [0.15, 0.2) is 41.3 Å². The number of amides is 1. The number of nitrogens with zero attached hydrogens (tertiary/aromatic N) is 1. The Morgan fingerprint density at radius 1 is 1.13 bits per heavy atom. The van der Waals surface area contributed by atoms with Crippen molar-refractivity contribution in [1.82, 2.24) is 9.62 Å². The standard InChI is InChI=1S/C21H23N3O6S/c1-28-15-3-5-19-16(12-15)22-21(23-31(19,26)27)6-8-24(9-7-21)20(25)11-14-2-4-17-18(10-14)30-13-29-17/h2-5,10,12,22-23H,6-9,11,13H2,1H3. The topological polar surface area (TPSA) is 106 Å². The molecule has 3 aliphatic rings. The van der Waals surface area contributed by atoms with Crippen molar-refractivity contribution in [3.8, 4) is 17.2 Å². The highest BCUT2D eigenvalue weighted by atomic mass is 32.2. The van der Waals surface area contributed by atoms with Gasteiger partial charge in [0.15, 0.2) is 11.5 Å². The molecule has 1 spiro atoms. The van der Waals surface area contributed by atoms with Crippen molar-refractivity contribution in [3.05, 3.63) is 42.0 Å². The van der Waals surface area contributed by atoms with Gasteiger partial charge in [0.25, 0.3) is 0 Å². The normalized spacial score (nSPS) is 20.1. The number of benzene rings is 2. The fourth-order valence-electron chi connectivity index (χ4n) is 4.27. The number of methoxy groups -OCH3 is 1. The number of piperidine rings is 1. The minimum absolute atomic E-state index is 0.00514. The third-order valence-corrected chi connectivity index (χ3v) is 7.54. The van der Waals surface area contributed by atoms with Crippen molar-refractivity contribution in [1.29, 1.82) is 0 Å². The predicted molar refractivity (Wildman–Crippen MR) is 112 cm³/mol. The summed E-state index contributed by atoms with van der Waals surface area (Å²) in [6, 6.07) is 10.3. The van der Waals surface area contributed by atoms with Crippen molar-refractivity contribution < 1.29 is 27.4 Å². The lowest BCUT2D eigenvalue weighted by Crippen LogP contribution is -2.62. The van der Waals surface area contributed by atoms with Gasteiger partial charge in [-0.2, -0.15) is 4.72 Å². The van der Waals surface area contributed by atoms with E-state index in [4.69, 9.17) is 14.2 Å². The molecule has 2 aromatic rings. The Balaban J connectivity index is 1.28. The molecule has 1 amide bonds. The number of sulfonamides is 1. The SMILES string of the molecule is COc1ccc2c(c1)NC1(CCN(C(=O)Cc3ccc4c(c3)OCO4)CC1)NS2(=O)=O. The zero-order valence-electron chi connectivity index (χ0n) is 17.0. The van der Waals surface area contributed by atoms with Crippen LogP contribution < -0.4 is 24.2 Å². The highest BCUT2D eigenvalue weighted by molar-refractivity contribution is 7.89. The molecule has 0 atom stereocenters. The Hall–Kier alpha value is -2.98. The molecule has 3 heterocycles. The Morgan fingerprint density at radius 2 is 1.90 bits per heavy atom. The van der Waals surface area contributed by atoms with E-state index in [1.165, 1.54) is 13.2 Å². The molecule has 0 aliphatic carbocycles. The van der Waals surface area contributed by atoms with E-state index in [0.29, 0.717) is 48.9 Å². The summed E-state index contributed by atoms with van der Waals surface area (Å²) < 4.78 is 44.3. The van der Waals surface area contributed by atoms with E-state index in [9.17, 15) is 13.2 Å². The van der Waals surface area contributed by atoms with Gasteiger partial charge in [-0.15, -0.1) is 0 Å². The van der Waals surface area contributed by atoms with Gasteiger partial charge in [0, 0.05) is 32.0 Å². The molecule has 1 saturated heterocycles. The molecule has 2 N–H and O–H groups in total. The first-order valence-corrected chi connectivity index (χ1v) is 11.5. The Bertz CT molecular complexity index is 1140. The number of hydrogen-bond donors (Lipinski definition) is 2. The van der Waals surface area contributed by atoms with Gasteiger partial charge >= 0.3 is 0 Å². The van der Waals surface area contributed by atoms with Crippen LogP contribution in [0.25, 0.3) is 0 Å². The molecule has 3 aliphatic heterocycles. The van der Waals surface area contributed by atoms with E-state index in [-0.39, 0.29) is 24.0 Å². The summed E-state index contributed by atoms with van der Waals surface area (Å²) in [5, 5.41) is 3.34. The van der Waals surface area contributed by atoms with Gasteiger partial charge in [-0.05, 0) is 29.8 Å². The maximum Gasteiger partial charge on any atom is 0.244 e. The van der Waals surface area contributed by atoms with Crippen LogP contribution in [0.2, 0.25) is 0 Å². The van der Waals surface area contributed by atoms with E-state index >= 15 is 0 Å². The van der Waals surface area contributed by atoms with Gasteiger partial charge < -0.3 is 24.4 Å². The minimum Gasteiger partial charge on any atom is -0.497 e. The number of likely N-dealkylation sites (tertiary alicyclic amines) is 1. The van der Waals surface area contributed by atoms with Crippen LogP contribution in [0.3, 0.4) is 0 Å². The van der Waals surface area contributed by atoms with Crippen molar-refractivity contribution in [2.24, 2.45) is 0 Å². The lowest BCUT2D eigenvalue weighted by Gasteiger charge is -2.45. The van der Waals surface area contributed by atoms with E-state index in [2.05, 4.69) is 10.0 Å². The Kier molecular flexibility index (Phi) is 4.71. The first-order chi connectivity index (χ1) is 14.9. The largest absolute Gasteiger partial charge is 0.497 e. The van der Waals surface area contributed by atoms with Gasteiger partial charge in [0.05, 0.1) is 19.2 Å². The monoisotopic (exact) mass is 445 g/mol. The van der Waals surface area contributed by atoms with Crippen molar-refractivity contribution in [2.75, 3.05) is 32.3 Å². The van der Waals surface area contributed by atoms with E-state index in [1.54, 1.807) is 17.0 Å². The summed E-state index contributed by atoms with van der Waals surface area (Å²) in [6.07, 6.45) is 1.16. The first kappa shape index (κ1) is 20.0. The molecule has 0 unspecified atom stereocenters. The smallest absolute Gasteiger partial charge is 0.244 e. The van der Waals surface area contributed by atoms with E-state index in [0.717, 1.165) is 5.56 Å². The number of carbonyl (C=O) groups excluding carboxylic acids is 1. The number of nitrogens with one attached hydrogen (secondary N) is 2. The van der Waals surface area contributed by atoms with Crippen molar-refractivity contribution >= 4 is 21.6 Å². The van der Waals surface area contributed by atoms with Crippen LogP contribution in [0.1, 0.15) is 18.4 Å². The second-order valence-corrected chi connectivity index (χ2v) is 9.57. The van der Waals surface area contributed by atoms with Gasteiger partial charge in [-0.25, -0.2) is 8.42 Å². The van der Waals surface area contributed by atoms with Gasteiger partial charge in [0.2, 0.25) is 22.7 Å². The van der Waals surface area contributed by atoms with Crippen LogP contribution >= 0.6 is 0 Å². The summed E-state index contributed by atoms with van der Waals surface area (Å²) in [5.41, 5.74) is 0.540. The van der Waals surface area contributed by atoms with Crippen LogP contribution in [0.5, 0.6) is 17.2 Å². The number of fused-ring (bicyclic) bond motifs is 2. The molecule has 0 bridgehead atoms. The molecule has 9 nitrogen and oxygen atoms in total. The summed E-state index contributed by atoms with van der Waals surface area (Å²) in [5.74, 6) is 1.91. The summed E-state index contributed by atoms with van der Waals surface area (Å²) >= 11 is 0. The predicted octanol–water partition coefficient (Wildman–Crippen LogP) is 1.69. The quantitative estimate of drug-likeness (QED) is 0.741. The molecule has 164 valence electrons. The molecule has 1 fully saturated rings. The zero-order chi connectivity index (χ0) is 21.6. The number of ether oxygens (including phenoxy) is 3. The first-order valence-electron chi connectivity index (χ1n) is 10.0. The molecule has 5 rings (SSSR count). The minimum atomic E-state index is -3.66. The molecular formula is C21H23N3O6S. The molecule has 2 aromatic carbocycles. The average Bonchev–Trinajstić information content (AvgIpc) is 3.21. The summed E-state index contributed by atoms with van der Waals surface area (Å²) in [6.45, 7) is 1.08. The maximum absolute atomic E-state index is 12.8. The fourth-order valence-corrected chi connectivity index (χ4v) is 5.79. The van der Waals surface area contributed by atoms with Crippen molar-refractivity contribution in [3.63, 3.8) is 0 Å². The molecule has 0 radical (unpaired) electrons. The third-order valence-electron chi connectivity index (χ3n) is 5.94. The van der Waals surface area contributed by atoms with Gasteiger partial charge in [0.1, 0.15) is 16.3 Å². The molecule has 0 aromatic heterocycles. The van der Waals surface area contributed by atoms with Crippen LogP contribution in [0, 0.1) is 0 Å². The lowest BCUT2D eigenvalue weighted by atomic mass is 9.96. The fraction of sp³-hybridized carbons (Fsp3) is 0.381. The lowest BCUT2D eigenvalue weighted by molar-refractivity contribution is -0.131. The summed E-state index contributed by atoms with van der Waals surface area (Å²) in [4.78, 5) is 14.8. The van der Waals surface area contributed by atoms with E-state index < -0.39 is 15.7 Å². The Labute approximate surface area is 180 Å². The van der Waals surface area contributed by atoms with E-state index in [1.807, 2.05) is 18.2 Å². The molecule has 0 saturated carbocycles. The van der Waals surface area contributed by atoms with Crippen molar-refractivity contribution in [2.45, 2.75) is 29.8 Å². The second-order valence-electron chi connectivity index (χ2n) is 7.92.